The summed E-state index contributed by atoms with van der Waals surface area (Å²) in [6.07, 6.45) is 9.81. The molecule has 1 saturated carbocycles. The minimum atomic E-state index is -0.377. The van der Waals surface area contributed by atoms with Gasteiger partial charge in [0.25, 0.3) is 0 Å². The summed E-state index contributed by atoms with van der Waals surface area (Å²) in [7, 11) is 1.39. The van der Waals surface area contributed by atoms with E-state index in [1.807, 2.05) is 0 Å². The van der Waals surface area contributed by atoms with E-state index in [-0.39, 0.29) is 17.3 Å². The summed E-state index contributed by atoms with van der Waals surface area (Å²) in [5, 5.41) is 0. The highest BCUT2D eigenvalue weighted by Gasteiger charge is 2.58. The highest BCUT2D eigenvalue weighted by Crippen LogP contribution is 2.55. The molecule has 98 valence electrons. The minimum Gasteiger partial charge on any atom is -0.469 e. The summed E-state index contributed by atoms with van der Waals surface area (Å²) in [4.78, 5) is 22.4. The summed E-state index contributed by atoms with van der Waals surface area (Å²) in [6, 6.07) is 0. The number of hydrogen-bond acceptors (Lipinski definition) is 3. The molecule has 0 aliphatic heterocycles. The third-order valence-electron chi connectivity index (χ3n) is 3.83. The maximum atomic E-state index is 11.3. The molecule has 0 aromatic carbocycles. The highest BCUT2D eigenvalue weighted by atomic mass is 16.5. The zero-order valence-electron chi connectivity index (χ0n) is 11.0. The maximum absolute atomic E-state index is 11.3. The lowest BCUT2D eigenvalue weighted by Crippen LogP contribution is -2.13. The molecule has 1 aliphatic rings. The van der Waals surface area contributed by atoms with Gasteiger partial charge in [0.1, 0.15) is 6.29 Å². The Morgan fingerprint density at radius 2 is 1.94 bits per heavy atom. The Kier molecular flexibility index (Phi) is 5.66. The first-order valence-corrected chi connectivity index (χ1v) is 6.74. The topological polar surface area (TPSA) is 43.4 Å². The van der Waals surface area contributed by atoms with Crippen molar-refractivity contribution in [1.29, 1.82) is 0 Å². The van der Waals surface area contributed by atoms with Gasteiger partial charge >= 0.3 is 5.97 Å². The number of rotatable bonds is 9. The van der Waals surface area contributed by atoms with Gasteiger partial charge in [0.2, 0.25) is 0 Å². The van der Waals surface area contributed by atoms with Crippen molar-refractivity contribution >= 4 is 12.3 Å². The fourth-order valence-corrected chi connectivity index (χ4v) is 2.48. The van der Waals surface area contributed by atoms with Crippen molar-refractivity contribution in [3.63, 3.8) is 0 Å². The molecule has 2 atom stereocenters. The van der Waals surface area contributed by atoms with Crippen LogP contribution in [0.3, 0.4) is 0 Å². The van der Waals surface area contributed by atoms with Gasteiger partial charge in [0.05, 0.1) is 13.0 Å². The predicted octanol–water partition coefficient (Wildman–Crippen LogP) is 3.12. The van der Waals surface area contributed by atoms with Gasteiger partial charge in [0, 0.05) is 5.41 Å². The Bertz CT molecular complexity index is 262. The van der Waals surface area contributed by atoms with Crippen LogP contribution in [0.2, 0.25) is 0 Å². The van der Waals surface area contributed by atoms with E-state index in [0.717, 1.165) is 19.1 Å². The van der Waals surface area contributed by atoms with Crippen LogP contribution in [0.4, 0.5) is 0 Å². The van der Waals surface area contributed by atoms with Gasteiger partial charge in [-0.3, -0.25) is 4.79 Å². The number of esters is 1. The maximum Gasteiger partial charge on any atom is 0.309 e. The Labute approximate surface area is 104 Å². The van der Waals surface area contributed by atoms with E-state index < -0.39 is 0 Å². The molecule has 1 rings (SSSR count). The lowest BCUT2D eigenvalue weighted by atomic mass is 9.96. The van der Waals surface area contributed by atoms with Crippen LogP contribution >= 0.6 is 0 Å². The smallest absolute Gasteiger partial charge is 0.309 e. The Hall–Kier alpha value is -0.860. The molecule has 0 aromatic heterocycles. The quantitative estimate of drug-likeness (QED) is 0.353. The van der Waals surface area contributed by atoms with Crippen LogP contribution in [0.1, 0.15) is 58.3 Å². The Morgan fingerprint density at radius 1 is 1.29 bits per heavy atom. The zero-order chi connectivity index (χ0) is 12.7. The summed E-state index contributed by atoms with van der Waals surface area (Å²) >= 11 is 0. The largest absolute Gasteiger partial charge is 0.469 e. The van der Waals surface area contributed by atoms with Crippen molar-refractivity contribution in [1.82, 2.24) is 0 Å². The van der Waals surface area contributed by atoms with Gasteiger partial charge < -0.3 is 9.53 Å². The monoisotopic (exact) mass is 240 g/mol. The normalized spacial score (nSPS) is 26.6. The average molecular weight is 240 g/mol. The zero-order valence-corrected chi connectivity index (χ0v) is 11.0. The van der Waals surface area contributed by atoms with Crippen LogP contribution in [0, 0.1) is 11.3 Å². The first-order chi connectivity index (χ1) is 8.20. The summed E-state index contributed by atoms with van der Waals surface area (Å²) in [5.41, 5.74) is -0.377. The molecule has 0 unspecified atom stereocenters. The van der Waals surface area contributed by atoms with E-state index in [1.165, 1.54) is 39.2 Å². The summed E-state index contributed by atoms with van der Waals surface area (Å²) < 4.78 is 4.69. The number of carbonyl (C=O) groups is 2. The molecule has 1 fully saturated rings. The number of unbranched alkanes of at least 4 members (excludes halogenated alkanes) is 5. The molecular weight excluding hydrogens is 216 g/mol. The molecule has 0 radical (unpaired) electrons. The number of methoxy groups -OCH3 is 1. The molecule has 3 heteroatoms. The molecule has 0 amide bonds. The first kappa shape index (κ1) is 14.2. The van der Waals surface area contributed by atoms with Gasteiger partial charge in [-0.25, -0.2) is 0 Å². The molecule has 0 saturated heterocycles. The van der Waals surface area contributed by atoms with Crippen molar-refractivity contribution in [2.24, 2.45) is 11.3 Å². The third-order valence-corrected chi connectivity index (χ3v) is 3.83. The SMILES string of the molecule is CCCCCCCC[C@]1(C=O)C[C@H]1C(=O)OC. The van der Waals surface area contributed by atoms with E-state index >= 15 is 0 Å². The van der Waals surface area contributed by atoms with Gasteiger partial charge in [-0.15, -0.1) is 0 Å². The summed E-state index contributed by atoms with van der Waals surface area (Å²) in [6.45, 7) is 2.20. The van der Waals surface area contributed by atoms with Crippen LogP contribution in [-0.4, -0.2) is 19.4 Å². The molecule has 0 aromatic rings. The van der Waals surface area contributed by atoms with E-state index in [9.17, 15) is 9.59 Å². The lowest BCUT2D eigenvalue weighted by Gasteiger charge is -2.08. The fraction of sp³-hybridized carbons (Fsp3) is 0.857. The number of carbonyl (C=O) groups excluding carboxylic acids is 2. The van der Waals surface area contributed by atoms with Gasteiger partial charge in [-0.1, -0.05) is 45.4 Å². The lowest BCUT2D eigenvalue weighted by molar-refractivity contribution is -0.143. The molecule has 0 spiro atoms. The van der Waals surface area contributed by atoms with Crippen LogP contribution in [0.15, 0.2) is 0 Å². The van der Waals surface area contributed by atoms with Crippen molar-refractivity contribution < 1.29 is 14.3 Å². The third kappa shape index (κ3) is 3.83. The Morgan fingerprint density at radius 3 is 2.53 bits per heavy atom. The van der Waals surface area contributed by atoms with Crippen LogP contribution in [0.25, 0.3) is 0 Å². The Balaban J connectivity index is 2.17. The molecule has 17 heavy (non-hydrogen) atoms. The minimum absolute atomic E-state index is 0.166. The molecule has 0 bridgehead atoms. The number of ether oxygens (including phenoxy) is 1. The first-order valence-electron chi connectivity index (χ1n) is 6.74. The predicted molar refractivity (Wildman–Crippen MR) is 66.6 cm³/mol. The van der Waals surface area contributed by atoms with Crippen LogP contribution in [-0.2, 0) is 14.3 Å². The molecule has 3 nitrogen and oxygen atoms in total. The van der Waals surface area contributed by atoms with E-state index in [1.54, 1.807) is 0 Å². The van der Waals surface area contributed by atoms with Crippen molar-refractivity contribution in [3.8, 4) is 0 Å². The fourth-order valence-electron chi connectivity index (χ4n) is 2.48. The van der Waals surface area contributed by atoms with Gasteiger partial charge in [0.15, 0.2) is 0 Å². The number of hydrogen-bond donors (Lipinski definition) is 0. The molecule has 1 aliphatic carbocycles. The van der Waals surface area contributed by atoms with Gasteiger partial charge in [-0.2, -0.15) is 0 Å². The van der Waals surface area contributed by atoms with E-state index in [0.29, 0.717) is 6.42 Å². The molecular formula is C14H24O3. The standard InChI is InChI=1S/C14H24O3/c1-3-4-5-6-7-8-9-14(11-15)10-12(14)13(16)17-2/h11-12H,3-10H2,1-2H3/t12-,14+/m0/s1. The second kappa shape index (κ2) is 6.77. The molecule has 0 heterocycles. The van der Waals surface area contributed by atoms with Crippen molar-refractivity contribution in [2.45, 2.75) is 58.3 Å². The second-order valence-corrected chi connectivity index (χ2v) is 5.15. The van der Waals surface area contributed by atoms with Crippen LogP contribution < -0.4 is 0 Å². The van der Waals surface area contributed by atoms with Crippen LogP contribution in [0.5, 0.6) is 0 Å². The second-order valence-electron chi connectivity index (χ2n) is 5.15. The highest BCUT2D eigenvalue weighted by molar-refractivity contribution is 5.84. The van der Waals surface area contributed by atoms with E-state index in [4.69, 9.17) is 4.74 Å². The van der Waals surface area contributed by atoms with Gasteiger partial charge in [-0.05, 0) is 12.8 Å². The van der Waals surface area contributed by atoms with Crippen molar-refractivity contribution in [2.75, 3.05) is 7.11 Å². The molecule has 0 N–H and O–H groups in total. The summed E-state index contributed by atoms with van der Waals surface area (Å²) in [5.74, 6) is -0.385. The number of aldehydes is 1. The van der Waals surface area contributed by atoms with Crippen molar-refractivity contribution in [3.05, 3.63) is 0 Å². The van der Waals surface area contributed by atoms with E-state index in [2.05, 4.69) is 6.92 Å². The average Bonchev–Trinajstić information content (AvgIpc) is 3.08.